The third-order valence-electron chi connectivity index (χ3n) is 7.25. The number of aryl methyl sites for hydroxylation is 2. The fraction of sp³-hybridized carbons (Fsp3) is 0.400. The van der Waals surface area contributed by atoms with Gasteiger partial charge in [0.2, 0.25) is 5.91 Å². The molecule has 182 valence electrons. The lowest BCUT2D eigenvalue weighted by atomic mass is 9.92. The van der Waals surface area contributed by atoms with Gasteiger partial charge in [0, 0.05) is 23.0 Å². The molecule has 2 aromatic carbocycles. The number of thiophene rings is 1. The number of carbonyl (C=O) groups is 2. The number of benzene rings is 2. The number of rotatable bonds is 8. The molecule has 1 aliphatic carbocycles. The van der Waals surface area contributed by atoms with E-state index in [9.17, 15) is 9.59 Å². The monoisotopic (exact) mass is 486 g/mol. The molecule has 1 aliphatic heterocycles. The lowest BCUT2D eigenvalue weighted by Crippen LogP contribution is -2.47. The van der Waals surface area contributed by atoms with Crippen LogP contribution in [0.4, 0.5) is 0 Å². The second kappa shape index (κ2) is 10.4. The first kappa shape index (κ1) is 23.8. The smallest absolute Gasteiger partial charge is 0.254 e. The number of hydrogen-bond acceptors (Lipinski definition) is 3. The third-order valence-corrected chi connectivity index (χ3v) is 8.25. The van der Waals surface area contributed by atoms with E-state index in [0.29, 0.717) is 12.1 Å². The van der Waals surface area contributed by atoms with Crippen LogP contribution in [0.1, 0.15) is 76.1 Å². The van der Waals surface area contributed by atoms with Crippen LogP contribution in [-0.2, 0) is 17.6 Å². The van der Waals surface area contributed by atoms with Crippen molar-refractivity contribution in [3.8, 4) is 0 Å². The molecule has 0 saturated heterocycles. The van der Waals surface area contributed by atoms with Crippen molar-refractivity contribution in [2.24, 2.45) is 0 Å². The fourth-order valence-corrected chi connectivity index (χ4v) is 5.95. The molecule has 0 spiro atoms. The molecule has 3 aromatic rings. The van der Waals surface area contributed by atoms with E-state index in [-0.39, 0.29) is 30.4 Å². The van der Waals surface area contributed by atoms with Gasteiger partial charge in [0.15, 0.2) is 0 Å². The van der Waals surface area contributed by atoms with Crippen molar-refractivity contribution in [1.29, 1.82) is 0 Å². The van der Waals surface area contributed by atoms with E-state index >= 15 is 0 Å². The SMILES string of the molecule is CCCCc1ccc(C(=O)N(CC(=O)N2CCc3sccc3C2c2ccc(C)cc2)C2CC2)cc1. The summed E-state index contributed by atoms with van der Waals surface area (Å²) in [7, 11) is 0. The molecule has 1 aromatic heterocycles. The molecule has 0 radical (unpaired) electrons. The highest BCUT2D eigenvalue weighted by atomic mass is 32.1. The Hall–Kier alpha value is -2.92. The number of hydrogen-bond donors (Lipinski definition) is 0. The van der Waals surface area contributed by atoms with Gasteiger partial charge in [0.1, 0.15) is 6.54 Å². The second-order valence-corrected chi connectivity index (χ2v) is 10.9. The Labute approximate surface area is 212 Å². The molecular formula is C30H34N2O2S. The summed E-state index contributed by atoms with van der Waals surface area (Å²) in [6, 6.07) is 18.7. The summed E-state index contributed by atoms with van der Waals surface area (Å²) < 4.78 is 0. The maximum absolute atomic E-state index is 13.8. The molecule has 5 rings (SSSR count). The number of carbonyl (C=O) groups excluding carboxylic acids is 2. The average Bonchev–Trinajstić information content (AvgIpc) is 3.61. The van der Waals surface area contributed by atoms with Gasteiger partial charge in [0.05, 0.1) is 6.04 Å². The van der Waals surface area contributed by atoms with E-state index in [0.717, 1.165) is 44.1 Å². The highest BCUT2D eigenvalue weighted by Crippen LogP contribution is 2.38. The first-order valence-electron chi connectivity index (χ1n) is 12.9. The summed E-state index contributed by atoms with van der Waals surface area (Å²) in [4.78, 5) is 32.4. The molecule has 4 nitrogen and oxygen atoms in total. The van der Waals surface area contributed by atoms with Crippen molar-refractivity contribution in [3.63, 3.8) is 0 Å². The molecule has 0 bridgehead atoms. The second-order valence-electron chi connectivity index (χ2n) is 9.91. The van der Waals surface area contributed by atoms with Crippen LogP contribution >= 0.6 is 11.3 Å². The normalized spacial score (nSPS) is 17.2. The van der Waals surface area contributed by atoms with E-state index in [1.165, 1.54) is 21.6 Å². The quantitative estimate of drug-likeness (QED) is 0.382. The Morgan fingerprint density at radius 3 is 2.46 bits per heavy atom. The van der Waals surface area contributed by atoms with Gasteiger partial charge in [-0.15, -0.1) is 11.3 Å². The van der Waals surface area contributed by atoms with Gasteiger partial charge in [-0.25, -0.2) is 0 Å². The molecule has 0 N–H and O–H groups in total. The summed E-state index contributed by atoms with van der Waals surface area (Å²) in [6.45, 7) is 5.10. The molecule has 2 heterocycles. The van der Waals surface area contributed by atoms with Crippen molar-refractivity contribution in [2.75, 3.05) is 13.1 Å². The molecule has 2 amide bonds. The van der Waals surface area contributed by atoms with Crippen molar-refractivity contribution in [2.45, 2.75) is 64.5 Å². The zero-order valence-corrected chi connectivity index (χ0v) is 21.5. The molecule has 35 heavy (non-hydrogen) atoms. The largest absolute Gasteiger partial charge is 0.330 e. The molecule has 1 atom stereocenters. The summed E-state index contributed by atoms with van der Waals surface area (Å²) in [6.07, 6.45) is 6.17. The minimum absolute atomic E-state index is 0.0250. The van der Waals surface area contributed by atoms with Gasteiger partial charge < -0.3 is 9.80 Å². The summed E-state index contributed by atoms with van der Waals surface area (Å²) in [5.74, 6) is 0.00949. The van der Waals surface area contributed by atoms with Crippen molar-refractivity contribution >= 4 is 23.2 Å². The molecule has 5 heteroatoms. The van der Waals surface area contributed by atoms with E-state index in [2.05, 4.69) is 61.7 Å². The molecule has 1 unspecified atom stereocenters. The zero-order valence-electron chi connectivity index (χ0n) is 20.7. The Bertz CT molecular complexity index is 1180. The third kappa shape index (κ3) is 5.20. The highest BCUT2D eigenvalue weighted by molar-refractivity contribution is 7.10. The number of amides is 2. The Morgan fingerprint density at radius 1 is 1.03 bits per heavy atom. The van der Waals surface area contributed by atoms with Crippen LogP contribution in [0.2, 0.25) is 0 Å². The molecular weight excluding hydrogens is 452 g/mol. The summed E-state index contributed by atoms with van der Waals surface area (Å²) >= 11 is 1.78. The van der Waals surface area contributed by atoms with Crippen LogP contribution in [-0.4, -0.2) is 40.7 Å². The summed E-state index contributed by atoms with van der Waals surface area (Å²) in [5, 5.41) is 2.13. The van der Waals surface area contributed by atoms with E-state index in [1.54, 1.807) is 11.3 Å². The van der Waals surface area contributed by atoms with Gasteiger partial charge in [-0.1, -0.05) is 55.3 Å². The van der Waals surface area contributed by atoms with Crippen LogP contribution in [0.5, 0.6) is 0 Å². The predicted molar refractivity (Wildman–Crippen MR) is 142 cm³/mol. The Balaban J connectivity index is 1.36. The zero-order chi connectivity index (χ0) is 24.4. The lowest BCUT2D eigenvalue weighted by Gasteiger charge is -2.37. The first-order chi connectivity index (χ1) is 17.0. The standard InChI is InChI=1S/C30H34N2O2S/c1-3-4-5-22-8-12-24(13-9-22)30(34)32(25-14-15-25)20-28(33)31-18-16-27-26(17-19-35-27)29(31)23-10-6-21(2)7-11-23/h6-13,17,19,25,29H,3-5,14-16,18,20H2,1-2H3. The maximum Gasteiger partial charge on any atom is 0.254 e. The minimum Gasteiger partial charge on any atom is -0.330 e. The number of unbranched alkanes of at least 4 members (excludes halogenated alkanes) is 1. The van der Waals surface area contributed by atoms with Crippen LogP contribution in [0.15, 0.2) is 60.0 Å². The fourth-order valence-electron chi connectivity index (χ4n) is 5.04. The average molecular weight is 487 g/mol. The van der Waals surface area contributed by atoms with E-state index in [1.807, 2.05) is 21.9 Å². The van der Waals surface area contributed by atoms with E-state index in [4.69, 9.17) is 0 Å². The summed E-state index contributed by atoms with van der Waals surface area (Å²) in [5.41, 5.74) is 5.51. The molecule has 1 saturated carbocycles. The van der Waals surface area contributed by atoms with Gasteiger partial charge in [-0.2, -0.15) is 0 Å². The van der Waals surface area contributed by atoms with E-state index < -0.39 is 0 Å². The maximum atomic E-state index is 13.8. The van der Waals surface area contributed by atoms with Crippen LogP contribution in [0.25, 0.3) is 0 Å². The number of nitrogens with zero attached hydrogens (tertiary/aromatic N) is 2. The van der Waals surface area contributed by atoms with Crippen molar-refractivity contribution in [3.05, 3.63) is 92.7 Å². The predicted octanol–water partition coefficient (Wildman–Crippen LogP) is 6.18. The topological polar surface area (TPSA) is 40.6 Å². The van der Waals surface area contributed by atoms with Gasteiger partial charge >= 0.3 is 0 Å². The first-order valence-corrected chi connectivity index (χ1v) is 13.8. The van der Waals surface area contributed by atoms with Gasteiger partial charge in [-0.05, 0) is 79.3 Å². The number of fused-ring (bicyclic) bond motifs is 1. The van der Waals surface area contributed by atoms with Crippen molar-refractivity contribution < 1.29 is 9.59 Å². The van der Waals surface area contributed by atoms with Gasteiger partial charge in [-0.3, -0.25) is 9.59 Å². The minimum atomic E-state index is -0.0906. The van der Waals surface area contributed by atoms with Crippen LogP contribution in [0.3, 0.4) is 0 Å². The lowest BCUT2D eigenvalue weighted by molar-refractivity contribution is -0.134. The van der Waals surface area contributed by atoms with Crippen LogP contribution in [0, 0.1) is 6.92 Å². The molecule has 1 fully saturated rings. The van der Waals surface area contributed by atoms with Gasteiger partial charge in [0.25, 0.3) is 5.91 Å². The Kier molecular flexibility index (Phi) is 7.05. The highest BCUT2D eigenvalue weighted by Gasteiger charge is 2.38. The Morgan fingerprint density at radius 2 is 1.77 bits per heavy atom. The van der Waals surface area contributed by atoms with Crippen molar-refractivity contribution in [1.82, 2.24) is 9.80 Å². The molecule has 2 aliphatic rings. The van der Waals surface area contributed by atoms with Crippen LogP contribution < -0.4 is 0 Å².